The van der Waals surface area contributed by atoms with Gasteiger partial charge < -0.3 is 10.6 Å². The molecule has 2 aromatic rings. The lowest BCUT2D eigenvalue weighted by molar-refractivity contribution is -0.135. The number of nitrogens with zero attached hydrogens (tertiary/aromatic N) is 1. The molecule has 5 nitrogen and oxygen atoms in total. The third-order valence-electron chi connectivity index (χ3n) is 3.55. The van der Waals surface area contributed by atoms with E-state index in [1.165, 1.54) is 32.0 Å². The summed E-state index contributed by atoms with van der Waals surface area (Å²) in [5.41, 5.74) is -0.862. The Balaban J connectivity index is 2.17. The van der Waals surface area contributed by atoms with E-state index in [1.807, 2.05) is 6.07 Å². The fourth-order valence-electron chi connectivity index (χ4n) is 1.91. The van der Waals surface area contributed by atoms with Crippen LogP contribution in [0, 0.1) is 22.6 Å². The van der Waals surface area contributed by atoms with E-state index >= 15 is 0 Å². The molecule has 0 saturated carbocycles. The van der Waals surface area contributed by atoms with E-state index in [-0.39, 0.29) is 11.3 Å². The highest BCUT2D eigenvalue weighted by atomic mass is 19.1. The van der Waals surface area contributed by atoms with Crippen molar-refractivity contribution in [3.63, 3.8) is 0 Å². The second-order valence-electron chi connectivity index (χ2n) is 5.67. The zero-order valence-electron chi connectivity index (χ0n) is 13.3. The number of halogens is 1. The van der Waals surface area contributed by atoms with Crippen LogP contribution in [0.25, 0.3) is 0 Å². The summed E-state index contributed by atoms with van der Waals surface area (Å²) < 4.78 is 13.6. The lowest BCUT2D eigenvalue weighted by Crippen LogP contribution is -2.41. The van der Waals surface area contributed by atoms with Crippen LogP contribution in [0.4, 0.5) is 15.8 Å². The number of para-hydroxylation sites is 2. The molecule has 0 aliphatic heterocycles. The Morgan fingerprint density at radius 2 is 1.46 bits per heavy atom. The van der Waals surface area contributed by atoms with Crippen molar-refractivity contribution in [2.75, 3.05) is 10.6 Å². The standard InChI is InChI=1S/C18H16FN3O2/c1-18(2,17(24)22-15-10-6-4-8-13(15)19)16(23)21-14-9-5-3-7-12(14)11-20/h3-10H,1-2H3,(H,21,23)(H,22,24). The van der Waals surface area contributed by atoms with Crippen molar-refractivity contribution < 1.29 is 14.0 Å². The van der Waals surface area contributed by atoms with E-state index in [2.05, 4.69) is 10.6 Å². The maximum Gasteiger partial charge on any atom is 0.239 e. The minimum atomic E-state index is -1.47. The Labute approximate surface area is 139 Å². The molecule has 2 N–H and O–H groups in total. The molecule has 2 amide bonds. The summed E-state index contributed by atoms with van der Waals surface area (Å²) in [5.74, 6) is -1.84. The van der Waals surface area contributed by atoms with Gasteiger partial charge in [0.2, 0.25) is 11.8 Å². The molecule has 0 atom stereocenters. The number of anilines is 2. The zero-order valence-corrected chi connectivity index (χ0v) is 13.3. The number of carbonyl (C=O) groups is 2. The summed E-state index contributed by atoms with van der Waals surface area (Å²) in [6.07, 6.45) is 0. The monoisotopic (exact) mass is 325 g/mol. The lowest BCUT2D eigenvalue weighted by atomic mass is 9.90. The molecule has 122 valence electrons. The molecule has 0 bridgehead atoms. The lowest BCUT2D eigenvalue weighted by Gasteiger charge is -2.23. The van der Waals surface area contributed by atoms with Crippen LogP contribution in [-0.4, -0.2) is 11.8 Å². The van der Waals surface area contributed by atoms with Gasteiger partial charge in [0.25, 0.3) is 0 Å². The molecule has 0 aliphatic rings. The largest absolute Gasteiger partial charge is 0.324 e. The van der Waals surface area contributed by atoms with Crippen molar-refractivity contribution in [2.24, 2.45) is 5.41 Å². The number of nitrogens with one attached hydrogen (secondary N) is 2. The molecule has 0 aromatic heterocycles. The number of rotatable bonds is 4. The first-order valence-corrected chi connectivity index (χ1v) is 7.23. The second kappa shape index (κ2) is 6.92. The second-order valence-corrected chi connectivity index (χ2v) is 5.67. The van der Waals surface area contributed by atoms with Crippen LogP contribution >= 0.6 is 0 Å². The molecule has 0 heterocycles. The normalized spacial score (nSPS) is 10.6. The quantitative estimate of drug-likeness (QED) is 0.846. The number of hydrogen-bond acceptors (Lipinski definition) is 3. The fourth-order valence-corrected chi connectivity index (χ4v) is 1.91. The first kappa shape index (κ1) is 17.2. The summed E-state index contributed by atoms with van der Waals surface area (Å²) in [4.78, 5) is 24.8. The fraction of sp³-hybridized carbons (Fsp3) is 0.167. The van der Waals surface area contributed by atoms with Crippen molar-refractivity contribution in [1.82, 2.24) is 0 Å². The topological polar surface area (TPSA) is 82.0 Å². The van der Waals surface area contributed by atoms with Crippen molar-refractivity contribution in [3.8, 4) is 6.07 Å². The Bertz CT molecular complexity index is 825. The third-order valence-corrected chi connectivity index (χ3v) is 3.55. The summed E-state index contributed by atoms with van der Waals surface area (Å²) in [5, 5.41) is 14.0. The van der Waals surface area contributed by atoms with E-state index < -0.39 is 23.0 Å². The molecular weight excluding hydrogens is 309 g/mol. The van der Waals surface area contributed by atoms with Gasteiger partial charge in [-0.3, -0.25) is 9.59 Å². The van der Waals surface area contributed by atoms with Crippen LogP contribution in [0.1, 0.15) is 19.4 Å². The van der Waals surface area contributed by atoms with Gasteiger partial charge in [0.05, 0.1) is 16.9 Å². The van der Waals surface area contributed by atoms with E-state index in [0.717, 1.165) is 0 Å². The first-order valence-electron chi connectivity index (χ1n) is 7.23. The summed E-state index contributed by atoms with van der Waals surface area (Å²) in [6, 6.07) is 14.1. The van der Waals surface area contributed by atoms with Gasteiger partial charge in [-0.15, -0.1) is 0 Å². The highest BCUT2D eigenvalue weighted by Gasteiger charge is 2.36. The van der Waals surface area contributed by atoms with Gasteiger partial charge in [0, 0.05) is 0 Å². The predicted molar refractivity (Wildman–Crippen MR) is 88.6 cm³/mol. The Morgan fingerprint density at radius 1 is 0.958 bits per heavy atom. The van der Waals surface area contributed by atoms with Crippen molar-refractivity contribution >= 4 is 23.2 Å². The van der Waals surface area contributed by atoms with Crippen LogP contribution in [0.3, 0.4) is 0 Å². The van der Waals surface area contributed by atoms with Gasteiger partial charge in [-0.05, 0) is 38.1 Å². The van der Waals surface area contributed by atoms with Crippen LogP contribution in [-0.2, 0) is 9.59 Å². The average molecular weight is 325 g/mol. The molecule has 6 heteroatoms. The molecule has 2 aromatic carbocycles. The summed E-state index contributed by atoms with van der Waals surface area (Å²) in [6.45, 7) is 2.85. The van der Waals surface area contributed by atoms with Crippen LogP contribution in [0.2, 0.25) is 0 Å². The number of carbonyl (C=O) groups excluding carboxylic acids is 2. The van der Waals surface area contributed by atoms with Crippen molar-refractivity contribution in [3.05, 3.63) is 59.9 Å². The molecule has 0 saturated heterocycles. The molecule has 0 spiro atoms. The average Bonchev–Trinajstić information content (AvgIpc) is 2.57. The molecule has 0 unspecified atom stereocenters. The molecule has 0 fully saturated rings. The SMILES string of the molecule is CC(C)(C(=O)Nc1ccccc1F)C(=O)Nc1ccccc1C#N. The van der Waals surface area contributed by atoms with Gasteiger partial charge in [-0.25, -0.2) is 4.39 Å². The molecule has 0 aliphatic carbocycles. The van der Waals surface area contributed by atoms with Gasteiger partial charge in [-0.1, -0.05) is 24.3 Å². The van der Waals surface area contributed by atoms with E-state index in [0.29, 0.717) is 5.69 Å². The maximum absolute atomic E-state index is 13.6. The van der Waals surface area contributed by atoms with Crippen LogP contribution in [0.5, 0.6) is 0 Å². The molecule has 24 heavy (non-hydrogen) atoms. The Kier molecular flexibility index (Phi) is 4.95. The Morgan fingerprint density at radius 3 is 2.04 bits per heavy atom. The summed E-state index contributed by atoms with van der Waals surface area (Å²) >= 11 is 0. The predicted octanol–water partition coefficient (Wildman–Crippen LogP) is 3.30. The van der Waals surface area contributed by atoms with Crippen molar-refractivity contribution in [1.29, 1.82) is 5.26 Å². The smallest absolute Gasteiger partial charge is 0.239 e. The minimum absolute atomic E-state index is 0.000741. The first-order chi connectivity index (χ1) is 11.4. The van der Waals surface area contributed by atoms with Gasteiger partial charge in [-0.2, -0.15) is 5.26 Å². The Hall–Kier alpha value is -3.20. The third kappa shape index (κ3) is 3.58. The summed E-state index contributed by atoms with van der Waals surface area (Å²) in [7, 11) is 0. The van der Waals surface area contributed by atoms with Gasteiger partial charge in [0.15, 0.2) is 0 Å². The molecule has 0 radical (unpaired) electrons. The van der Waals surface area contributed by atoms with Gasteiger partial charge in [0.1, 0.15) is 17.3 Å². The highest BCUT2D eigenvalue weighted by molar-refractivity contribution is 6.14. The van der Waals surface area contributed by atoms with E-state index in [4.69, 9.17) is 5.26 Å². The number of nitriles is 1. The van der Waals surface area contributed by atoms with Crippen molar-refractivity contribution in [2.45, 2.75) is 13.8 Å². The maximum atomic E-state index is 13.6. The van der Waals surface area contributed by atoms with E-state index in [9.17, 15) is 14.0 Å². The van der Waals surface area contributed by atoms with Gasteiger partial charge >= 0.3 is 0 Å². The minimum Gasteiger partial charge on any atom is -0.324 e. The molecular formula is C18H16FN3O2. The van der Waals surface area contributed by atoms with E-state index in [1.54, 1.807) is 30.3 Å². The molecule has 2 rings (SSSR count). The zero-order chi connectivity index (χ0) is 17.7. The van der Waals surface area contributed by atoms with Crippen LogP contribution in [0.15, 0.2) is 48.5 Å². The highest BCUT2D eigenvalue weighted by Crippen LogP contribution is 2.23. The number of amides is 2. The number of hydrogen-bond donors (Lipinski definition) is 2. The number of benzene rings is 2. The van der Waals surface area contributed by atoms with Crippen LogP contribution < -0.4 is 10.6 Å².